The molecule has 0 atom stereocenters. The van der Waals surface area contributed by atoms with Gasteiger partial charge in [0.05, 0.1) is 11.0 Å². The number of para-hydroxylation sites is 3. The summed E-state index contributed by atoms with van der Waals surface area (Å²) in [6.45, 7) is 0. The molecule has 0 N–H and O–H groups in total. The van der Waals surface area contributed by atoms with Gasteiger partial charge in [-0.05, 0) is 130 Å². The van der Waals surface area contributed by atoms with Crippen LogP contribution in [0.3, 0.4) is 0 Å². The first-order chi connectivity index (χ1) is 32.2. The van der Waals surface area contributed by atoms with Crippen LogP contribution in [-0.4, -0.2) is 12.6 Å². The minimum absolute atomic E-state index is 0.276. The molecule has 0 bridgehead atoms. The molecule has 0 saturated carbocycles. The van der Waals surface area contributed by atoms with Crippen LogP contribution in [0.2, 0.25) is 0 Å². The SMILES string of the molecule is Fc1ccc(N(c2ccc(N(c3ccccc3)c3ccccc3)cc2)c2ccc3c(c2)c2cc([Si](c4ccccc4)(c4ccccc4)c4ccccc4)ccc2n3-c2ccccc2)cc1. The average Bonchev–Trinajstić information content (AvgIpc) is 3.70. The van der Waals surface area contributed by atoms with Crippen LogP contribution in [-0.2, 0) is 0 Å². The largest absolute Gasteiger partial charge is 0.311 e. The van der Waals surface area contributed by atoms with E-state index in [0.29, 0.717) is 0 Å². The van der Waals surface area contributed by atoms with Gasteiger partial charge in [-0.1, -0.05) is 158 Å². The van der Waals surface area contributed by atoms with Crippen molar-refractivity contribution in [2.24, 2.45) is 0 Å². The molecule has 0 unspecified atom stereocenters. The third kappa shape index (κ3) is 7.18. The van der Waals surface area contributed by atoms with E-state index in [1.165, 1.54) is 38.3 Å². The van der Waals surface area contributed by atoms with Crippen molar-refractivity contribution in [2.45, 2.75) is 0 Å². The second-order valence-electron chi connectivity index (χ2n) is 16.3. The van der Waals surface area contributed by atoms with Crippen molar-refractivity contribution in [3.8, 4) is 5.69 Å². The summed E-state index contributed by atoms with van der Waals surface area (Å²) >= 11 is 0. The summed E-state index contributed by atoms with van der Waals surface area (Å²) in [7, 11) is -2.84. The predicted octanol–water partition coefficient (Wildman–Crippen LogP) is 13.2. The second-order valence-corrected chi connectivity index (χ2v) is 20.1. The highest BCUT2D eigenvalue weighted by molar-refractivity contribution is 7.20. The first-order valence-corrected chi connectivity index (χ1v) is 24.0. The zero-order chi connectivity index (χ0) is 43.6. The van der Waals surface area contributed by atoms with Crippen LogP contribution in [0, 0.1) is 5.82 Å². The van der Waals surface area contributed by atoms with Crippen LogP contribution in [0.5, 0.6) is 0 Å². The Morgan fingerprint density at radius 3 is 1.09 bits per heavy atom. The number of benzene rings is 10. The molecule has 0 saturated heterocycles. The third-order valence-electron chi connectivity index (χ3n) is 12.6. The van der Waals surface area contributed by atoms with Gasteiger partial charge in [-0.25, -0.2) is 4.39 Å². The van der Waals surface area contributed by atoms with E-state index in [0.717, 1.165) is 56.2 Å². The first kappa shape index (κ1) is 39.6. The molecule has 3 nitrogen and oxygen atoms in total. The van der Waals surface area contributed by atoms with Crippen LogP contribution < -0.4 is 30.5 Å². The number of fused-ring (bicyclic) bond motifs is 3. The maximum atomic E-state index is 14.6. The maximum absolute atomic E-state index is 14.6. The zero-order valence-electron chi connectivity index (χ0n) is 35.6. The molecule has 0 fully saturated rings. The molecule has 0 spiro atoms. The van der Waals surface area contributed by atoms with Crippen LogP contribution in [0.4, 0.5) is 38.5 Å². The monoisotopic (exact) mass is 853 g/mol. The van der Waals surface area contributed by atoms with Crippen LogP contribution in [0.15, 0.2) is 267 Å². The number of rotatable bonds is 11. The standard InChI is InChI=1S/C60H44FN3Si/c61-45-31-33-49(34-32-45)63(51-37-35-50(36-38-51)62(46-19-7-1-8-20-46)47-21-9-2-10-22-47)52-39-41-59-57(43-52)58-44-56(40-42-60(58)64(59)48-23-11-3-12-24-48)65(53-25-13-4-14-26-53,54-27-15-5-16-28-54)55-29-17-6-18-30-55/h1-44H. The van der Waals surface area contributed by atoms with Gasteiger partial charge in [0.15, 0.2) is 8.07 Å². The summed E-state index contributed by atoms with van der Waals surface area (Å²) in [6.07, 6.45) is 0. The number of hydrogen-bond donors (Lipinski definition) is 0. The molecule has 1 heterocycles. The predicted molar refractivity (Wildman–Crippen MR) is 274 cm³/mol. The third-order valence-corrected chi connectivity index (χ3v) is 17.3. The average molecular weight is 854 g/mol. The summed E-state index contributed by atoms with van der Waals surface area (Å²) < 4.78 is 17.0. The van der Waals surface area contributed by atoms with Crippen molar-refractivity contribution < 1.29 is 4.39 Å². The molecular formula is C60H44FN3Si. The van der Waals surface area contributed by atoms with Gasteiger partial charge in [-0.15, -0.1) is 0 Å². The van der Waals surface area contributed by atoms with Crippen molar-refractivity contribution in [1.29, 1.82) is 0 Å². The van der Waals surface area contributed by atoms with E-state index in [4.69, 9.17) is 0 Å². The highest BCUT2D eigenvalue weighted by atomic mass is 28.3. The van der Waals surface area contributed by atoms with Crippen LogP contribution >= 0.6 is 0 Å². The van der Waals surface area contributed by atoms with Crippen molar-refractivity contribution in [3.05, 3.63) is 273 Å². The Hall–Kier alpha value is -8.25. The molecule has 0 aliphatic carbocycles. The number of nitrogens with zero attached hydrogens (tertiary/aromatic N) is 3. The molecule has 0 amide bonds. The minimum atomic E-state index is -2.84. The number of halogens is 1. The van der Waals surface area contributed by atoms with Gasteiger partial charge in [0.1, 0.15) is 5.82 Å². The Kier molecular flexibility index (Phi) is 10.4. The Morgan fingerprint density at radius 1 is 0.292 bits per heavy atom. The highest BCUT2D eigenvalue weighted by Crippen LogP contribution is 2.42. The molecule has 0 aliphatic heterocycles. The molecule has 5 heteroatoms. The number of hydrogen-bond acceptors (Lipinski definition) is 2. The van der Waals surface area contributed by atoms with Gasteiger partial charge in [-0.3, -0.25) is 0 Å². The molecule has 1 aromatic heterocycles. The summed E-state index contributed by atoms with van der Waals surface area (Å²) in [5, 5.41) is 7.58. The lowest BCUT2D eigenvalue weighted by atomic mass is 10.1. The van der Waals surface area contributed by atoms with Crippen molar-refractivity contribution in [3.63, 3.8) is 0 Å². The van der Waals surface area contributed by atoms with Gasteiger partial charge in [0.2, 0.25) is 0 Å². The fourth-order valence-electron chi connectivity index (χ4n) is 9.69. The Bertz CT molecular complexity index is 3210. The lowest BCUT2D eigenvalue weighted by Crippen LogP contribution is -2.74. The number of aromatic nitrogens is 1. The topological polar surface area (TPSA) is 11.4 Å². The number of anilines is 6. The quantitative estimate of drug-likeness (QED) is 0.0949. The molecule has 65 heavy (non-hydrogen) atoms. The van der Waals surface area contributed by atoms with E-state index in [1.807, 2.05) is 24.3 Å². The van der Waals surface area contributed by atoms with E-state index >= 15 is 0 Å². The second kappa shape index (κ2) is 17.1. The lowest BCUT2D eigenvalue weighted by Gasteiger charge is -2.34. The van der Waals surface area contributed by atoms with Crippen LogP contribution in [0.25, 0.3) is 27.5 Å². The summed E-state index contributed by atoms with van der Waals surface area (Å²) in [5.41, 5.74) is 9.28. The van der Waals surface area contributed by atoms with Crippen LogP contribution in [0.1, 0.15) is 0 Å². The Labute approximate surface area is 380 Å². The van der Waals surface area contributed by atoms with Gasteiger partial charge < -0.3 is 14.4 Å². The van der Waals surface area contributed by atoms with Gasteiger partial charge in [0, 0.05) is 50.6 Å². The van der Waals surface area contributed by atoms with E-state index in [2.05, 4.69) is 245 Å². The lowest BCUT2D eigenvalue weighted by molar-refractivity contribution is 0.628. The highest BCUT2D eigenvalue weighted by Gasteiger charge is 2.41. The van der Waals surface area contributed by atoms with Gasteiger partial charge in [0.25, 0.3) is 0 Å². The van der Waals surface area contributed by atoms with E-state index in [-0.39, 0.29) is 5.82 Å². The molecular weight excluding hydrogens is 810 g/mol. The summed E-state index contributed by atoms with van der Waals surface area (Å²) in [4.78, 5) is 4.49. The van der Waals surface area contributed by atoms with Crippen molar-refractivity contribution >= 4 is 84.8 Å². The zero-order valence-corrected chi connectivity index (χ0v) is 36.6. The first-order valence-electron chi connectivity index (χ1n) is 22.0. The minimum Gasteiger partial charge on any atom is -0.311 e. The molecule has 11 rings (SSSR count). The molecule has 10 aromatic carbocycles. The Morgan fingerprint density at radius 2 is 0.631 bits per heavy atom. The normalized spacial score (nSPS) is 11.5. The fraction of sp³-hybridized carbons (Fsp3) is 0. The Balaban J connectivity index is 1.13. The van der Waals surface area contributed by atoms with Gasteiger partial charge >= 0.3 is 0 Å². The molecule has 11 aromatic rings. The van der Waals surface area contributed by atoms with Gasteiger partial charge in [-0.2, -0.15) is 0 Å². The van der Waals surface area contributed by atoms with Crippen molar-refractivity contribution in [2.75, 3.05) is 9.80 Å². The molecule has 0 aliphatic rings. The fourth-order valence-corrected chi connectivity index (χ4v) is 14.5. The smallest absolute Gasteiger partial charge is 0.179 e. The van der Waals surface area contributed by atoms with E-state index in [1.54, 1.807) is 0 Å². The van der Waals surface area contributed by atoms with E-state index < -0.39 is 8.07 Å². The van der Waals surface area contributed by atoms with Crippen molar-refractivity contribution in [1.82, 2.24) is 4.57 Å². The summed E-state index contributed by atoms with van der Waals surface area (Å²) in [5.74, 6) is -0.276. The summed E-state index contributed by atoms with van der Waals surface area (Å²) in [6, 6.07) is 94.1. The molecule has 310 valence electrons. The molecule has 0 radical (unpaired) electrons. The maximum Gasteiger partial charge on any atom is 0.179 e. The van der Waals surface area contributed by atoms with E-state index in [9.17, 15) is 4.39 Å².